The van der Waals surface area contributed by atoms with Crippen LogP contribution in [0.1, 0.15) is 36.9 Å². The highest BCUT2D eigenvalue weighted by Crippen LogP contribution is 2.22. The maximum Gasteiger partial charge on any atom is 0.129 e. The van der Waals surface area contributed by atoms with Crippen molar-refractivity contribution in [2.75, 3.05) is 0 Å². The summed E-state index contributed by atoms with van der Waals surface area (Å²) in [6.45, 7) is 2.58. The fourth-order valence-corrected chi connectivity index (χ4v) is 2.52. The minimum absolute atomic E-state index is 0.219. The van der Waals surface area contributed by atoms with Gasteiger partial charge in [-0.3, -0.25) is 0 Å². The molecule has 2 aromatic rings. The smallest absolute Gasteiger partial charge is 0.129 e. The van der Waals surface area contributed by atoms with Crippen molar-refractivity contribution < 1.29 is 4.39 Å². The molecule has 0 aromatic heterocycles. The standard InChI is InChI=1S/C17H19ClFN/c1-2-7-17(13-8-4-3-5-9-13)20-12-14-15(18)10-6-11-16(14)19/h3-6,8-11,17,20H,2,7,12H2,1H3. The van der Waals surface area contributed by atoms with Gasteiger partial charge >= 0.3 is 0 Å². The summed E-state index contributed by atoms with van der Waals surface area (Å²) in [5, 5.41) is 3.88. The predicted molar refractivity (Wildman–Crippen MR) is 82.3 cm³/mol. The third kappa shape index (κ3) is 3.81. The number of hydrogen-bond acceptors (Lipinski definition) is 1. The highest BCUT2D eigenvalue weighted by atomic mass is 35.5. The third-order valence-corrected chi connectivity index (χ3v) is 3.72. The second kappa shape index (κ2) is 7.41. The van der Waals surface area contributed by atoms with Gasteiger partial charge in [0.2, 0.25) is 0 Å². The Balaban J connectivity index is 2.10. The van der Waals surface area contributed by atoms with E-state index in [2.05, 4.69) is 24.4 Å². The summed E-state index contributed by atoms with van der Waals surface area (Å²) in [4.78, 5) is 0. The lowest BCUT2D eigenvalue weighted by Gasteiger charge is -2.19. The van der Waals surface area contributed by atoms with E-state index in [9.17, 15) is 4.39 Å². The topological polar surface area (TPSA) is 12.0 Å². The van der Waals surface area contributed by atoms with E-state index in [1.807, 2.05) is 18.2 Å². The van der Waals surface area contributed by atoms with E-state index in [1.54, 1.807) is 12.1 Å². The summed E-state index contributed by atoms with van der Waals surface area (Å²) in [6.07, 6.45) is 2.08. The number of rotatable bonds is 6. The molecule has 1 atom stereocenters. The van der Waals surface area contributed by atoms with E-state index in [-0.39, 0.29) is 11.9 Å². The van der Waals surface area contributed by atoms with Gasteiger partial charge in [-0.1, -0.05) is 61.3 Å². The fraction of sp³-hybridized carbons (Fsp3) is 0.294. The lowest BCUT2D eigenvalue weighted by molar-refractivity contribution is 0.483. The minimum atomic E-state index is -0.256. The molecule has 1 unspecified atom stereocenters. The van der Waals surface area contributed by atoms with Crippen molar-refractivity contribution in [1.29, 1.82) is 0 Å². The molecule has 0 heterocycles. The summed E-state index contributed by atoms with van der Waals surface area (Å²) >= 11 is 6.06. The molecule has 20 heavy (non-hydrogen) atoms. The van der Waals surface area contributed by atoms with Crippen LogP contribution in [0.2, 0.25) is 5.02 Å². The van der Waals surface area contributed by atoms with Crippen molar-refractivity contribution in [3.63, 3.8) is 0 Å². The Bertz CT molecular complexity index is 522. The van der Waals surface area contributed by atoms with E-state index in [1.165, 1.54) is 11.6 Å². The highest BCUT2D eigenvalue weighted by Gasteiger charge is 2.12. The van der Waals surface area contributed by atoms with Gasteiger partial charge in [0.15, 0.2) is 0 Å². The van der Waals surface area contributed by atoms with E-state index >= 15 is 0 Å². The van der Waals surface area contributed by atoms with Gasteiger partial charge in [-0.25, -0.2) is 4.39 Å². The molecular formula is C17H19ClFN. The highest BCUT2D eigenvalue weighted by molar-refractivity contribution is 6.31. The van der Waals surface area contributed by atoms with E-state index < -0.39 is 0 Å². The van der Waals surface area contributed by atoms with E-state index in [4.69, 9.17) is 11.6 Å². The summed E-state index contributed by atoms with van der Waals surface area (Å²) in [5.41, 5.74) is 1.76. The molecule has 2 rings (SSSR count). The maximum absolute atomic E-state index is 13.8. The molecule has 0 saturated heterocycles. The fourth-order valence-electron chi connectivity index (χ4n) is 2.29. The van der Waals surface area contributed by atoms with Crippen molar-refractivity contribution in [3.8, 4) is 0 Å². The number of hydrogen-bond donors (Lipinski definition) is 1. The SMILES string of the molecule is CCCC(NCc1c(F)cccc1Cl)c1ccccc1. The van der Waals surface area contributed by atoms with Gasteiger partial charge in [-0.15, -0.1) is 0 Å². The maximum atomic E-state index is 13.8. The van der Waals surface area contributed by atoms with Gasteiger partial charge in [-0.2, -0.15) is 0 Å². The molecule has 0 bridgehead atoms. The van der Waals surface area contributed by atoms with E-state index in [0.717, 1.165) is 12.8 Å². The molecule has 0 aliphatic rings. The molecule has 0 amide bonds. The first-order chi connectivity index (χ1) is 9.72. The van der Waals surface area contributed by atoms with Crippen LogP contribution in [0.5, 0.6) is 0 Å². The Hall–Kier alpha value is -1.38. The molecule has 0 fully saturated rings. The molecule has 2 aromatic carbocycles. The molecule has 0 saturated carbocycles. The first-order valence-electron chi connectivity index (χ1n) is 6.93. The minimum Gasteiger partial charge on any atom is -0.306 e. The molecule has 1 nitrogen and oxygen atoms in total. The number of halogens is 2. The Morgan fingerprint density at radius 2 is 1.85 bits per heavy atom. The third-order valence-electron chi connectivity index (χ3n) is 3.37. The van der Waals surface area contributed by atoms with Crippen LogP contribution in [0, 0.1) is 5.82 Å². The van der Waals surface area contributed by atoms with Crippen LogP contribution in [0.3, 0.4) is 0 Å². The molecular weight excluding hydrogens is 273 g/mol. The molecule has 3 heteroatoms. The second-order valence-electron chi connectivity index (χ2n) is 4.83. The molecule has 0 aliphatic heterocycles. The average Bonchev–Trinajstić information content (AvgIpc) is 2.46. The zero-order chi connectivity index (χ0) is 14.4. The van der Waals surface area contributed by atoms with Crippen molar-refractivity contribution in [1.82, 2.24) is 5.32 Å². The number of nitrogens with one attached hydrogen (secondary N) is 1. The first kappa shape index (κ1) is 15.0. The zero-order valence-electron chi connectivity index (χ0n) is 11.6. The molecule has 106 valence electrons. The molecule has 1 N–H and O–H groups in total. The van der Waals surface area contributed by atoms with Crippen molar-refractivity contribution >= 4 is 11.6 Å². The summed E-state index contributed by atoms with van der Waals surface area (Å²) in [6, 6.07) is 15.2. The summed E-state index contributed by atoms with van der Waals surface area (Å²) < 4.78 is 13.8. The average molecular weight is 292 g/mol. The predicted octanol–water partition coefficient (Wildman–Crippen LogP) is 5.11. The lowest BCUT2D eigenvalue weighted by atomic mass is 10.0. The monoisotopic (exact) mass is 291 g/mol. The largest absolute Gasteiger partial charge is 0.306 e. The van der Waals surface area contributed by atoms with Crippen molar-refractivity contribution in [3.05, 3.63) is 70.5 Å². The van der Waals surface area contributed by atoms with Crippen LogP contribution in [0.15, 0.2) is 48.5 Å². The van der Waals surface area contributed by atoms with Crippen LogP contribution in [0.4, 0.5) is 4.39 Å². The number of benzene rings is 2. The molecule has 0 aliphatic carbocycles. The molecule has 0 radical (unpaired) electrons. The molecule has 0 spiro atoms. The summed E-state index contributed by atoms with van der Waals surface area (Å²) in [5.74, 6) is -0.256. The lowest BCUT2D eigenvalue weighted by Crippen LogP contribution is -2.21. The Kier molecular flexibility index (Phi) is 5.57. The van der Waals surface area contributed by atoms with Gasteiger partial charge < -0.3 is 5.32 Å². The zero-order valence-corrected chi connectivity index (χ0v) is 12.3. The van der Waals surface area contributed by atoms with Gasteiger partial charge in [0.25, 0.3) is 0 Å². The Labute approximate surface area is 124 Å². The Morgan fingerprint density at radius 3 is 2.50 bits per heavy atom. The van der Waals surface area contributed by atoms with Crippen LogP contribution in [0.25, 0.3) is 0 Å². The first-order valence-corrected chi connectivity index (χ1v) is 7.31. The second-order valence-corrected chi connectivity index (χ2v) is 5.24. The Morgan fingerprint density at radius 1 is 1.10 bits per heavy atom. The van der Waals surface area contributed by atoms with Crippen LogP contribution in [-0.4, -0.2) is 0 Å². The van der Waals surface area contributed by atoms with Crippen molar-refractivity contribution in [2.24, 2.45) is 0 Å². The van der Waals surface area contributed by atoms with Gasteiger partial charge in [-0.05, 0) is 24.1 Å². The van der Waals surface area contributed by atoms with Crippen LogP contribution in [-0.2, 0) is 6.54 Å². The van der Waals surface area contributed by atoms with E-state index in [0.29, 0.717) is 17.1 Å². The van der Waals surface area contributed by atoms with Crippen LogP contribution >= 0.6 is 11.6 Å². The van der Waals surface area contributed by atoms with Crippen LogP contribution < -0.4 is 5.32 Å². The summed E-state index contributed by atoms with van der Waals surface area (Å²) in [7, 11) is 0. The van der Waals surface area contributed by atoms with Crippen molar-refractivity contribution in [2.45, 2.75) is 32.4 Å². The van der Waals surface area contributed by atoms with Gasteiger partial charge in [0.05, 0.1) is 0 Å². The van der Waals surface area contributed by atoms with Gasteiger partial charge in [0, 0.05) is 23.2 Å². The van der Waals surface area contributed by atoms with Gasteiger partial charge in [0.1, 0.15) is 5.82 Å². The normalized spacial score (nSPS) is 12.3. The quantitative estimate of drug-likeness (QED) is 0.780.